The Morgan fingerprint density at radius 2 is 1.81 bits per heavy atom. The number of rotatable bonds is 3. The maximum Gasteiger partial charge on any atom is 0.264 e. The zero-order chi connectivity index (χ0) is 19.3. The minimum absolute atomic E-state index is 0.0667. The van der Waals surface area contributed by atoms with Crippen LogP contribution in [0.1, 0.15) is 22.3 Å². The highest BCUT2D eigenvalue weighted by Gasteiger charge is 2.34. The highest BCUT2D eigenvalue weighted by molar-refractivity contribution is 7.92. The quantitative estimate of drug-likeness (QED) is 0.806. The fraction of sp³-hybridized carbons (Fsp3) is 0.263. The van der Waals surface area contributed by atoms with E-state index in [9.17, 15) is 18.0 Å². The van der Waals surface area contributed by atoms with Crippen LogP contribution >= 0.6 is 0 Å². The number of carbonyl (C=O) groups is 2. The molecule has 2 aromatic carbocycles. The van der Waals surface area contributed by atoms with Crippen LogP contribution in [0.4, 0.5) is 11.4 Å². The molecule has 0 radical (unpaired) electrons. The Morgan fingerprint density at radius 3 is 2.56 bits per heavy atom. The summed E-state index contributed by atoms with van der Waals surface area (Å²) in [5.74, 6) is 0.309. The largest absolute Gasteiger partial charge is 0.497 e. The number of sulfonamides is 1. The number of benzene rings is 2. The van der Waals surface area contributed by atoms with Crippen molar-refractivity contribution in [2.75, 3.05) is 29.9 Å². The summed E-state index contributed by atoms with van der Waals surface area (Å²) in [6.07, 6.45) is 0.294. The van der Waals surface area contributed by atoms with E-state index in [2.05, 4.69) is 0 Å². The number of ether oxygens (including phenoxy) is 1. The van der Waals surface area contributed by atoms with Gasteiger partial charge in [0.05, 0.1) is 24.1 Å². The summed E-state index contributed by atoms with van der Waals surface area (Å²) in [6, 6.07) is 9.49. The smallest absolute Gasteiger partial charge is 0.264 e. The summed E-state index contributed by atoms with van der Waals surface area (Å²) < 4.78 is 33.0. The first-order valence-electron chi connectivity index (χ1n) is 8.46. The van der Waals surface area contributed by atoms with Crippen LogP contribution in [0, 0.1) is 0 Å². The summed E-state index contributed by atoms with van der Waals surface area (Å²) in [5.41, 5.74) is 2.08. The van der Waals surface area contributed by atoms with Crippen LogP contribution in [0.3, 0.4) is 0 Å². The summed E-state index contributed by atoms with van der Waals surface area (Å²) in [6.45, 7) is 0.0667. The molecule has 2 aromatic rings. The lowest BCUT2D eigenvalue weighted by molar-refractivity contribution is -0.117. The van der Waals surface area contributed by atoms with Gasteiger partial charge in [-0.2, -0.15) is 0 Å². The minimum atomic E-state index is -3.88. The van der Waals surface area contributed by atoms with Crippen molar-refractivity contribution < 1.29 is 22.7 Å². The average molecular weight is 386 g/mol. The van der Waals surface area contributed by atoms with E-state index in [1.807, 2.05) is 0 Å². The highest BCUT2D eigenvalue weighted by Crippen LogP contribution is 2.36. The summed E-state index contributed by atoms with van der Waals surface area (Å²) in [5, 5.41) is 0. The van der Waals surface area contributed by atoms with Crippen LogP contribution in [0.15, 0.2) is 41.3 Å². The molecule has 2 aliphatic rings. The fourth-order valence-corrected chi connectivity index (χ4v) is 5.05. The molecule has 0 atom stereocenters. The number of hydrogen-bond acceptors (Lipinski definition) is 5. The second kappa shape index (κ2) is 6.09. The van der Waals surface area contributed by atoms with Gasteiger partial charge in [-0.3, -0.25) is 13.9 Å². The van der Waals surface area contributed by atoms with E-state index >= 15 is 0 Å². The lowest BCUT2D eigenvalue weighted by Crippen LogP contribution is -2.37. The number of Topliss-reactive ketones (excluding diaryl/α,β-unsaturated/α-hetero) is 1. The average Bonchev–Trinajstić information content (AvgIpc) is 2.95. The van der Waals surface area contributed by atoms with E-state index in [1.165, 1.54) is 22.4 Å². The number of carbonyl (C=O) groups excluding carboxylic acids is 2. The lowest BCUT2D eigenvalue weighted by atomic mass is 10.0. The van der Waals surface area contributed by atoms with Crippen LogP contribution in [-0.4, -0.2) is 40.8 Å². The van der Waals surface area contributed by atoms with E-state index in [-0.39, 0.29) is 36.0 Å². The monoisotopic (exact) mass is 386 g/mol. The fourth-order valence-electron chi connectivity index (χ4n) is 3.52. The second-order valence-electron chi connectivity index (χ2n) is 6.55. The molecule has 0 saturated carbocycles. The first-order chi connectivity index (χ1) is 12.8. The van der Waals surface area contributed by atoms with E-state index < -0.39 is 10.0 Å². The second-order valence-corrected chi connectivity index (χ2v) is 8.42. The molecule has 8 heteroatoms. The molecule has 0 N–H and O–H groups in total. The number of amides is 1. The molecule has 27 heavy (non-hydrogen) atoms. The van der Waals surface area contributed by atoms with Gasteiger partial charge < -0.3 is 9.64 Å². The van der Waals surface area contributed by atoms with E-state index in [4.69, 9.17) is 4.74 Å². The normalized spacial score (nSPS) is 16.4. The predicted molar refractivity (Wildman–Crippen MR) is 100 cm³/mol. The molecule has 0 aromatic heterocycles. The zero-order valence-corrected chi connectivity index (χ0v) is 15.7. The molecule has 0 saturated heterocycles. The van der Waals surface area contributed by atoms with E-state index in [0.29, 0.717) is 22.6 Å². The van der Waals surface area contributed by atoms with E-state index in [1.54, 1.807) is 37.4 Å². The van der Waals surface area contributed by atoms with Gasteiger partial charge in [0, 0.05) is 37.3 Å². The van der Waals surface area contributed by atoms with Crippen molar-refractivity contribution in [3.63, 3.8) is 0 Å². The van der Waals surface area contributed by atoms with Gasteiger partial charge in [-0.25, -0.2) is 8.42 Å². The SMILES string of the molecule is COc1ccc2c(c1)N(S(=O)(=O)c1ccc3c(c1)CC(=O)N3C)CCC2=O. The van der Waals surface area contributed by atoms with Gasteiger partial charge >= 0.3 is 0 Å². The third-order valence-corrected chi connectivity index (χ3v) is 6.84. The van der Waals surface area contributed by atoms with Crippen molar-refractivity contribution >= 4 is 33.1 Å². The molecule has 7 nitrogen and oxygen atoms in total. The molecular weight excluding hydrogens is 368 g/mol. The van der Waals surface area contributed by atoms with Crippen molar-refractivity contribution in [1.29, 1.82) is 0 Å². The van der Waals surface area contributed by atoms with Crippen LogP contribution in [0.2, 0.25) is 0 Å². The van der Waals surface area contributed by atoms with Crippen molar-refractivity contribution in [3.05, 3.63) is 47.5 Å². The first-order valence-corrected chi connectivity index (χ1v) is 9.90. The van der Waals surface area contributed by atoms with Gasteiger partial charge in [0.25, 0.3) is 10.0 Å². The molecule has 4 rings (SSSR count). The van der Waals surface area contributed by atoms with Crippen LogP contribution < -0.4 is 13.9 Å². The molecular formula is C19H18N2O5S. The topological polar surface area (TPSA) is 84.0 Å². The zero-order valence-electron chi connectivity index (χ0n) is 14.9. The maximum absolute atomic E-state index is 13.3. The number of ketones is 1. The molecule has 0 bridgehead atoms. The Labute approximate surface area is 157 Å². The van der Waals surface area contributed by atoms with E-state index in [0.717, 1.165) is 5.69 Å². The number of methoxy groups -OCH3 is 1. The molecule has 2 aliphatic heterocycles. The minimum Gasteiger partial charge on any atom is -0.497 e. The summed E-state index contributed by atoms with van der Waals surface area (Å²) in [4.78, 5) is 25.7. The molecule has 2 heterocycles. The number of nitrogens with zero attached hydrogens (tertiary/aromatic N) is 2. The molecule has 1 amide bonds. The van der Waals surface area contributed by atoms with Crippen molar-refractivity contribution in [3.8, 4) is 5.75 Å². The Morgan fingerprint density at radius 1 is 1.04 bits per heavy atom. The molecule has 0 fully saturated rings. The van der Waals surface area contributed by atoms with Crippen molar-refractivity contribution in [2.45, 2.75) is 17.7 Å². The Balaban J connectivity index is 1.80. The van der Waals surface area contributed by atoms with Gasteiger partial charge in [-0.15, -0.1) is 0 Å². The van der Waals surface area contributed by atoms with Crippen molar-refractivity contribution in [2.24, 2.45) is 0 Å². The summed E-state index contributed by atoms with van der Waals surface area (Å²) >= 11 is 0. The Hall–Kier alpha value is -2.87. The number of fused-ring (bicyclic) bond motifs is 2. The number of anilines is 2. The molecule has 0 spiro atoms. The lowest BCUT2D eigenvalue weighted by Gasteiger charge is -2.30. The number of hydrogen-bond donors (Lipinski definition) is 0. The Kier molecular flexibility index (Phi) is 3.96. The van der Waals surface area contributed by atoms with Gasteiger partial charge in [0.15, 0.2) is 5.78 Å². The third-order valence-electron chi connectivity index (χ3n) is 5.03. The molecule has 140 valence electrons. The van der Waals surface area contributed by atoms with Gasteiger partial charge in [0.1, 0.15) is 5.75 Å². The van der Waals surface area contributed by atoms with Crippen LogP contribution in [0.5, 0.6) is 5.75 Å². The highest BCUT2D eigenvalue weighted by atomic mass is 32.2. The third kappa shape index (κ3) is 2.68. The molecule has 0 aliphatic carbocycles. The van der Waals surface area contributed by atoms with Crippen LogP contribution in [-0.2, 0) is 21.2 Å². The van der Waals surface area contributed by atoms with Crippen molar-refractivity contribution in [1.82, 2.24) is 0 Å². The molecule has 0 unspecified atom stereocenters. The van der Waals surface area contributed by atoms with Gasteiger partial charge in [-0.05, 0) is 35.9 Å². The Bertz CT molecular complexity index is 1080. The maximum atomic E-state index is 13.3. The predicted octanol–water partition coefficient (Wildman–Crippen LogP) is 2.00. The summed E-state index contributed by atoms with van der Waals surface area (Å²) in [7, 11) is -0.732. The first kappa shape index (κ1) is 17.5. The van der Waals surface area contributed by atoms with Gasteiger partial charge in [-0.1, -0.05) is 0 Å². The number of likely N-dealkylation sites (N-methyl/N-ethyl adjacent to an activating group) is 1. The van der Waals surface area contributed by atoms with Crippen LogP contribution in [0.25, 0.3) is 0 Å². The van der Waals surface area contributed by atoms with Gasteiger partial charge in [0.2, 0.25) is 5.91 Å². The standard InChI is InChI=1S/C19H18N2O5S/c1-20-16-6-4-14(9-12(16)10-19(20)23)27(24,25)21-8-7-18(22)15-5-3-13(26-2)11-17(15)21/h3-6,9,11H,7-8,10H2,1-2H3.